The Bertz CT molecular complexity index is 1080. The van der Waals surface area contributed by atoms with Gasteiger partial charge in [-0.1, -0.05) is 12.1 Å². The molecule has 1 aromatic carbocycles. The van der Waals surface area contributed by atoms with Crippen LogP contribution >= 0.6 is 0 Å². The first-order valence-corrected chi connectivity index (χ1v) is 11.1. The highest BCUT2D eigenvalue weighted by Gasteiger charge is 2.50. The number of nitrogens with one attached hydrogen (secondary N) is 1. The molecule has 9 nitrogen and oxygen atoms in total. The molecule has 1 N–H and O–H groups in total. The van der Waals surface area contributed by atoms with Crippen molar-refractivity contribution in [2.75, 3.05) is 20.7 Å². The lowest BCUT2D eigenvalue weighted by atomic mass is 10.00. The Hall–Kier alpha value is -3.36. The number of aromatic nitrogens is 2. The van der Waals surface area contributed by atoms with Crippen molar-refractivity contribution in [1.29, 1.82) is 0 Å². The Labute approximate surface area is 193 Å². The van der Waals surface area contributed by atoms with Gasteiger partial charge in [-0.05, 0) is 51.3 Å². The molecule has 0 atom stereocenters. The summed E-state index contributed by atoms with van der Waals surface area (Å²) in [6.07, 6.45) is 1.83. The van der Waals surface area contributed by atoms with E-state index in [0.717, 1.165) is 29.7 Å². The van der Waals surface area contributed by atoms with Gasteiger partial charge in [0.25, 0.3) is 5.91 Å². The van der Waals surface area contributed by atoms with E-state index in [-0.39, 0.29) is 12.5 Å². The first-order chi connectivity index (χ1) is 15.6. The van der Waals surface area contributed by atoms with Gasteiger partial charge < -0.3 is 19.3 Å². The van der Waals surface area contributed by atoms with Crippen molar-refractivity contribution in [3.8, 4) is 0 Å². The number of carbonyl (C=O) groups is 3. The fourth-order valence-electron chi connectivity index (χ4n) is 4.28. The molecule has 2 amide bonds. The van der Waals surface area contributed by atoms with Crippen molar-refractivity contribution in [3.63, 3.8) is 0 Å². The third kappa shape index (κ3) is 4.31. The van der Waals surface area contributed by atoms with Crippen molar-refractivity contribution in [2.24, 2.45) is 0 Å². The molecule has 1 aliphatic carbocycles. The third-order valence-electron chi connectivity index (χ3n) is 6.30. The minimum absolute atomic E-state index is 0.201. The highest BCUT2D eigenvalue weighted by Crippen LogP contribution is 2.51. The van der Waals surface area contributed by atoms with E-state index in [9.17, 15) is 14.4 Å². The molecule has 176 valence electrons. The molecule has 1 aromatic heterocycles. The Morgan fingerprint density at radius 3 is 2.39 bits per heavy atom. The molecule has 1 saturated carbocycles. The van der Waals surface area contributed by atoms with Crippen LogP contribution < -0.4 is 0 Å². The van der Waals surface area contributed by atoms with Crippen LogP contribution in [0.3, 0.4) is 0 Å². The number of hydrogen-bond acceptors (Lipinski definition) is 6. The Balaban J connectivity index is 1.53. The smallest absolute Gasteiger partial charge is 0.410 e. The standard InChI is InChI=1S/C24H30N4O5/c1-23(2,3)33-22(31)28-13-10-18-17(14-28)19(26-25-18)20(29)27(4)24(11-12-24)16-8-6-15(7-9-16)21(30)32-5/h6-9H,10-14H2,1-5H3,(H,25,26). The van der Waals surface area contributed by atoms with Crippen LogP contribution in [-0.4, -0.2) is 64.3 Å². The zero-order chi connectivity index (χ0) is 24.0. The van der Waals surface area contributed by atoms with Gasteiger partial charge in [0.05, 0.1) is 24.8 Å². The Morgan fingerprint density at radius 1 is 1.15 bits per heavy atom. The van der Waals surface area contributed by atoms with E-state index < -0.39 is 23.2 Å². The van der Waals surface area contributed by atoms with E-state index in [4.69, 9.17) is 9.47 Å². The number of aromatic amines is 1. The molecule has 0 bridgehead atoms. The summed E-state index contributed by atoms with van der Waals surface area (Å²) in [5.74, 6) is -0.596. The molecule has 4 rings (SSSR count). The van der Waals surface area contributed by atoms with Crippen LogP contribution in [0, 0.1) is 0 Å². The zero-order valence-corrected chi connectivity index (χ0v) is 19.7. The first kappa shape index (κ1) is 22.8. The summed E-state index contributed by atoms with van der Waals surface area (Å²) in [6, 6.07) is 7.17. The molecule has 2 aliphatic rings. The molecule has 1 fully saturated rings. The normalized spacial score (nSPS) is 16.6. The van der Waals surface area contributed by atoms with Gasteiger partial charge in [0, 0.05) is 31.3 Å². The monoisotopic (exact) mass is 454 g/mol. The number of rotatable bonds is 4. The molecule has 0 spiro atoms. The molecule has 33 heavy (non-hydrogen) atoms. The van der Waals surface area contributed by atoms with Crippen LogP contribution in [-0.2, 0) is 28.0 Å². The summed E-state index contributed by atoms with van der Waals surface area (Å²) in [5.41, 5.74) is 2.35. The van der Waals surface area contributed by atoms with Gasteiger partial charge in [0.15, 0.2) is 5.69 Å². The highest BCUT2D eigenvalue weighted by atomic mass is 16.6. The number of nitrogens with zero attached hydrogens (tertiary/aromatic N) is 3. The maximum Gasteiger partial charge on any atom is 0.410 e. The van der Waals surface area contributed by atoms with E-state index in [2.05, 4.69) is 10.2 Å². The zero-order valence-electron chi connectivity index (χ0n) is 19.7. The number of H-pyrrole nitrogens is 1. The molecule has 0 unspecified atom stereocenters. The topological polar surface area (TPSA) is 105 Å². The minimum atomic E-state index is -0.589. The summed E-state index contributed by atoms with van der Waals surface area (Å²) < 4.78 is 10.3. The molecule has 0 saturated heterocycles. The fraction of sp³-hybridized carbons (Fsp3) is 0.500. The molecule has 2 heterocycles. The van der Waals surface area contributed by atoms with Crippen molar-refractivity contribution in [2.45, 2.75) is 57.7 Å². The van der Waals surface area contributed by atoms with E-state index >= 15 is 0 Å². The lowest BCUT2D eigenvalue weighted by Crippen LogP contribution is -2.41. The second-order valence-corrected chi connectivity index (χ2v) is 9.65. The number of fused-ring (bicyclic) bond motifs is 1. The van der Waals surface area contributed by atoms with Crippen LogP contribution in [0.4, 0.5) is 4.79 Å². The summed E-state index contributed by atoms with van der Waals surface area (Å²) in [5, 5.41) is 7.29. The average molecular weight is 455 g/mol. The lowest BCUT2D eigenvalue weighted by molar-refractivity contribution is 0.0221. The van der Waals surface area contributed by atoms with Crippen LogP contribution in [0.5, 0.6) is 0 Å². The quantitative estimate of drug-likeness (QED) is 0.711. The number of carbonyl (C=O) groups excluding carboxylic acids is 3. The molecule has 9 heteroatoms. The first-order valence-electron chi connectivity index (χ1n) is 11.1. The third-order valence-corrected chi connectivity index (χ3v) is 6.30. The molecule has 1 aliphatic heterocycles. The van der Waals surface area contributed by atoms with Crippen LogP contribution in [0.1, 0.15) is 71.3 Å². The van der Waals surface area contributed by atoms with E-state index in [1.165, 1.54) is 7.11 Å². The van der Waals surface area contributed by atoms with Gasteiger partial charge in [0.2, 0.25) is 0 Å². The fourth-order valence-corrected chi connectivity index (χ4v) is 4.28. The van der Waals surface area contributed by atoms with Crippen LogP contribution in [0.2, 0.25) is 0 Å². The Morgan fingerprint density at radius 2 is 1.82 bits per heavy atom. The van der Waals surface area contributed by atoms with Gasteiger partial charge in [0.1, 0.15) is 5.60 Å². The molecule has 0 radical (unpaired) electrons. The van der Waals surface area contributed by atoms with Crippen LogP contribution in [0.15, 0.2) is 24.3 Å². The predicted octanol–water partition coefficient (Wildman–Crippen LogP) is 3.25. The summed E-state index contributed by atoms with van der Waals surface area (Å²) in [6.45, 7) is 6.26. The number of ether oxygens (including phenoxy) is 2. The summed E-state index contributed by atoms with van der Waals surface area (Å²) in [4.78, 5) is 41.1. The SMILES string of the molecule is COC(=O)c1ccc(C2(N(C)C(=O)c3n[nH]c4c3CN(C(=O)OC(C)(C)C)CC4)CC2)cc1. The van der Waals surface area contributed by atoms with Gasteiger partial charge >= 0.3 is 12.1 Å². The van der Waals surface area contributed by atoms with Gasteiger partial charge in [-0.25, -0.2) is 9.59 Å². The van der Waals surface area contributed by atoms with E-state index in [0.29, 0.717) is 24.2 Å². The number of hydrogen-bond donors (Lipinski definition) is 1. The lowest BCUT2D eigenvalue weighted by Gasteiger charge is -2.31. The summed E-state index contributed by atoms with van der Waals surface area (Å²) >= 11 is 0. The predicted molar refractivity (Wildman–Crippen MR) is 120 cm³/mol. The molecular formula is C24H30N4O5. The van der Waals surface area contributed by atoms with Crippen molar-refractivity contribution in [3.05, 3.63) is 52.3 Å². The van der Waals surface area contributed by atoms with E-state index in [1.807, 2.05) is 32.9 Å². The average Bonchev–Trinajstić information content (AvgIpc) is 3.49. The number of methoxy groups -OCH3 is 1. The Kier molecular flexibility index (Phi) is 5.67. The van der Waals surface area contributed by atoms with Gasteiger partial charge in [-0.2, -0.15) is 5.10 Å². The summed E-state index contributed by atoms with van der Waals surface area (Å²) in [7, 11) is 3.12. The number of esters is 1. The number of benzene rings is 1. The van der Waals surface area contributed by atoms with Crippen molar-refractivity contribution in [1.82, 2.24) is 20.0 Å². The van der Waals surface area contributed by atoms with Crippen molar-refractivity contribution < 1.29 is 23.9 Å². The minimum Gasteiger partial charge on any atom is -0.465 e. The maximum atomic E-state index is 13.5. The molecule has 2 aromatic rings. The number of amides is 2. The maximum absolute atomic E-state index is 13.5. The largest absolute Gasteiger partial charge is 0.465 e. The van der Waals surface area contributed by atoms with E-state index in [1.54, 1.807) is 29.0 Å². The van der Waals surface area contributed by atoms with Gasteiger partial charge in [-0.15, -0.1) is 0 Å². The van der Waals surface area contributed by atoms with Crippen LogP contribution in [0.25, 0.3) is 0 Å². The highest BCUT2D eigenvalue weighted by molar-refractivity contribution is 5.95. The van der Waals surface area contributed by atoms with Crippen molar-refractivity contribution >= 4 is 18.0 Å². The molecular weight excluding hydrogens is 424 g/mol. The second-order valence-electron chi connectivity index (χ2n) is 9.65. The van der Waals surface area contributed by atoms with Gasteiger partial charge in [-0.3, -0.25) is 9.89 Å². The second kappa shape index (κ2) is 8.20.